The zero-order chi connectivity index (χ0) is 14.1. The van der Waals surface area contributed by atoms with Gasteiger partial charge in [-0.05, 0) is 18.2 Å². The minimum atomic E-state index is -0.581. The second-order valence-corrected chi connectivity index (χ2v) is 4.37. The van der Waals surface area contributed by atoms with E-state index in [0.29, 0.717) is 22.8 Å². The molecule has 0 N–H and O–H groups in total. The van der Waals surface area contributed by atoms with Crippen molar-refractivity contribution in [3.63, 3.8) is 0 Å². The van der Waals surface area contributed by atoms with Gasteiger partial charge >= 0.3 is 0 Å². The van der Waals surface area contributed by atoms with Crippen molar-refractivity contribution in [1.29, 1.82) is 0 Å². The molecule has 2 aromatic carbocycles. The van der Waals surface area contributed by atoms with E-state index in [1.54, 1.807) is 30.3 Å². The first-order valence-corrected chi connectivity index (χ1v) is 6.07. The summed E-state index contributed by atoms with van der Waals surface area (Å²) in [5, 5.41) is 0.673. The molecule has 0 saturated heterocycles. The highest BCUT2D eigenvalue weighted by Gasteiger charge is 2.17. The van der Waals surface area contributed by atoms with Gasteiger partial charge in [-0.25, -0.2) is 4.39 Å². The van der Waals surface area contributed by atoms with Gasteiger partial charge in [-0.3, -0.25) is 14.2 Å². The highest BCUT2D eigenvalue weighted by molar-refractivity contribution is 6.06. The molecule has 1 heterocycles. The Morgan fingerprint density at radius 3 is 2.50 bits per heavy atom. The van der Waals surface area contributed by atoms with E-state index in [2.05, 4.69) is 0 Å². The lowest BCUT2D eigenvalue weighted by atomic mass is 10.2. The number of hydrogen-bond acceptors (Lipinski definition) is 2. The number of aromatic nitrogens is 1. The number of benzene rings is 2. The van der Waals surface area contributed by atoms with Crippen molar-refractivity contribution in [2.75, 3.05) is 0 Å². The monoisotopic (exact) mass is 267 g/mol. The molecule has 3 nitrogen and oxygen atoms in total. The summed E-state index contributed by atoms with van der Waals surface area (Å²) in [6.07, 6.45) is 2.12. The van der Waals surface area contributed by atoms with Crippen LogP contribution in [0.15, 0.2) is 54.7 Å². The molecule has 0 aliphatic heterocycles. The van der Waals surface area contributed by atoms with Crippen molar-refractivity contribution in [2.24, 2.45) is 0 Å². The maximum Gasteiger partial charge on any atom is 0.265 e. The third-order valence-corrected chi connectivity index (χ3v) is 3.19. The lowest BCUT2D eigenvalue weighted by Crippen LogP contribution is -2.12. The molecule has 0 amide bonds. The van der Waals surface area contributed by atoms with Crippen molar-refractivity contribution in [3.05, 3.63) is 71.7 Å². The number of halogens is 1. The Morgan fingerprint density at radius 2 is 1.75 bits per heavy atom. The molecule has 4 heteroatoms. The maximum atomic E-state index is 13.7. The lowest BCUT2D eigenvalue weighted by molar-refractivity contribution is 0.0961. The molecule has 0 bridgehead atoms. The molecule has 0 saturated carbocycles. The molecular weight excluding hydrogens is 257 g/mol. The molecule has 0 aliphatic rings. The minimum absolute atomic E-state index is 0.0225. The van der Waals surface area contributed by atoms with Crippen molar-refractivity contribution in [1.82, 2.24) is 4.57 Å². The SMILES string of the molecule is O=Cc1cn(C(=O)c2ccccc2F)c2ccccc12. The first-order chi connectivity index (χ1) is 9.72. The molecule has 20 heavy (non-hydrogen) atoms. The van der Waals surface area contributed by atoms with Crippen LogP contribution in [0.4, 0.5) is 4.39 Å². The van der Waals surface area contributed by atoms with E-state index >= 15 is 0 Å². The molecule has 0 atom stereocenters. The summed E-state index contributed by atoms with van der Waals surface area (Å²) in [6, 6.07) is 12.8. The second-order valence-electron chi connectivity index (χ2n) is 4.37. The van der Waals surface area contributed by atoms with Crippen LogP contribution in [-0.2, 0) is 0 Å². The van der Waals surface area contributed by atoms with Gasteiger partial charge in [-0.1, -0.05) is 30.3 Å². The fourth-order valence-corrected chi connectivity index (χ4v) is 2.23. The minimum Gasteiger partial charge on any atom is -0.298 e. The third kappa shape index (κ3) is 1.82. The molecule has 1 aromatic heterocycles. The number of para-hydroxylation sites is 1. The number of carbonyl (C=O) groups is 2. The zero-order valence-electron chi connectivity index (χ0n) is 10.4. The largest absolute Gasteiger partial charge is 0.298 e. The first kappa shape index (κ1) is 12.3. The van der Waals surface area contributed by atoms with Gasteiger partial charge in [0, 0.05) is 17.1 Å². The molecule has 3 rings (SSSR count). The van der Waals surface area contributed by atoms with Crippen molar-refractivity contribution < 1.29 is 14.0 Å². The molecule has 3 aromatic rings. The second kappa shape index (κ2) is 4.74. The Hall–Kier alpha value is -2.75. The van der Waals surface area contributed by atoms with Crippen LogP contribution in [0, 0.1) is 5.82 Å². The number of carbonyl (C=O) groups excluding carboxylic acids is 2. The van der Waals surface area contributed by atoms with Crippen LogP contribution in [-0.4, -0.2) is 16.8 Å². The third-order valence-electron chi connectivity index (χ3n) is 3.19. The Kier molecular flexibility index (Phi) is 2.91. The normalized spacial score (nSPS) is 10.7. The number of aldehydes is 1. The van der Waals surface area contributed by atoms with Gasteiger partial charge in [0.2, 0.25) is 0 Å². The topological polar surface area (TPSA) is 39.1 Å². The van der Waals surface area contributed by atoms with Gasteiger partial charge in [0.05, 0.1) is 11.1 Å². The van der Waals surface area contributed by atoms with E-state index in [4.69, 9.17) is 0 Å². The predicted molar refractivity (Wildman–Crippen MR) is 73.5 cm³/mol. The molecule has 98 valence electrons. The summed E-state index contributed by atoms with van der Waals surface area (Å²) in [5.74, 6) is -1.07. The maximum absolute atomic E-state index is 13.7. The Bertz CT molecular complexity index is 820. The van der Waals surface area contributed by atoms with Crippen molar-refractivity contribution in [3.8, 4) is 0 Å². The number of nitrogens with zero attached hydrogens (tertiary/aromatic N) is 1. The van der Waals surface area contributed by atoms with Crippen LogP contribution in [0.25, 0.3) is 10.9 Å². The fraction of sp³-hybridized carbons (Fsp3) is 0. The van der Waals surface area contributed by atoms with Gasteiger partial charge in [-0.2, -0.15) is 0 Å². The van der Waals surface area contributed by atoms with Crippen LogP contribution in [0.2, 0.25) is 0 Å². The average Bonchev–Trinajstić information content (AvgIpc) is 2.86. The predicted octanol–water partition coefficient (Wildman–Crippen LogP) is 3.28. The van der Waals surface area contributed by atoms with Gasteiger partial charge < -0.3 is 0 Å². The summed E-state index contributed by atoms with van der Waals surface area (Å²) in [7, 11) is 0. The summed E-state index contributed by atoms with van der Waals surface area (Å²) in [5.41, 5.74) is 0.971. The fourth-order valence-electron chi connectivity index (χ4n) is 2.23. The summed E-state index contributed by atoms with van der Waals surface area (Å²) >= 11 is 0. The molecule has 0 spiro atoms. The summed E-state index contributed by atoms with van der Waals surface area (Å²) < 4.78 is 15.0. The molecular formula is C16H10FNO2. The quantitative estimate of drug-likeness (QED) is 0.668. The lowest BCUT2D eigenvalue weighted by Gasteiger charge is -2.04. The number of fused-ring (bicyclic) bond motifs is 1. The van der Waals surface area contributed by atoms with Crippen LogP contribution >= 0.6 is 0 Å². The van der Waals surface area contributed by atoms with Crippen LogP contribution < -0.4 is 0 Å². The standard InChI is InChI=1S/C16H10FNO2/c17-14-7-3-1-6-13(14)16(20)18-9-11(10-19)12-5-2-4-8-15(12)18/h1-10H. The van der Waals surface area contributed by atoms with Gasteiger partial charge in [0.25, 0.3) is 5.91 Å². The summed E-state index contributed by atoms with van der Waals surface area (Å²) in [6.45, 7) is 0. The van der Waals surface area contributed by atoms with Crippen LogP contribution in [0.1, 0.15) is 20.7 Å². The van der Waals surface area contributed by atoms with Crippen LogP contribution in [0.3, 0.4) is 0 Å². The highest BCUT2D eigenvalue weighted by Crippen LogP contribution is 2.21. The van der Waals surface area contributed by atoms with E-state index in [9.17, 15) is 14.0 Å². The van der Waals surface area contributed by atoms with Crippen molar-refractivity contribution >= 4 is 23.1 Å². The van der Waals surface area contributed by atoms with E-state index in [1.807, 2.05) is 0 Å². The van der Waals surface area contributed by atoms with Gasteiger partial charge in [0.15, 0.2) is 6.29 Å². The first-order valence-electron chi connectivity index (χ1n) is 6.07. The molecule has 0 radical (unpaired) electrons. The molecule has 0 fully saturated rings. The van der Waals surface area contributed by atoms with Gasteiger partial charge in [-0.15, -0.1) is 0 Å². The van der Waals surface area contributed by atoms with E-state index in [1.165, 1.54) is 29.0 Å². The van der Waals surface area contributed by atoms with Crippen LogP contribution in [0.5, 0.6) is 0 Å². The molecule has 0 unspecified atom stereocenters. The Balaban J connectivity index is 2.23. The van der Waals surface area contributed by atoms with E-state index in [-0.39, 0.29) is 5.56 Å². The van der Waals surface area contributed by atoms with Gasteiger partial charge in [0.1, 0.15) is 5.82 Å². The van der Waals surface area contributed by atoms with E-state index < -0.39 is 11.7 Å². The average molecular weight is 267 g/mol. The Morgan fingerprint density at radius 1 is 1.05 bits per heavy atom. The highest BCUT2D eigenvalue weighted by atomic mass is 19.1. The number of hydrogen-bond donors (Lipinski definition) is 0. The number of rotatable bonds is 2. The summed E-state index contributed by atoms with van der Waals surface area (Å²) in [4.78, 5) is 23.5. The van der Waals surface area contributed by atoms with E-state index in [0.717, 1.165) is 0 Å². The smallest absolute Gasteiger partial charge is 0.265 e. The van der Waals surface area contributed by atoms with Crippen molar-refractivity contribution in [2.45, 2.75) is 0 Å². The zero-order valence-corrected chi connectivity index (χ0v) is 10.4. The Labute approximate surface area is 114 Å². The molecule has 0 aliphatic carbocycles.